The fourth-order valence-electron chi connectivity index (χ4n) is 1.34. The molecule has 0 saturated heterocycles. The monoisotopic (exact) mass is 186 g/mol. The predicted octanol–water partition coefficient (Wildman–Crippen LogP) is 2.76. The average Bonchev–Trinajstić information content (AvgIpc) is 2.19. The first kappa shape index (κ1) is 8.63. The van der Waals surface area contributed by atoms with Gasteiger partial charge in [0.15, 0.2) is 0 Å². The molecular weight excluding hydrogens is 176 g/mol. The van der Waals surface area contributed by atoms with Crippen LogP contribution in [0.15, 0.2) is 48.5 Å². The first-order valence-electron chi connectivity index (χ1n) is 4.34. The number of hydrogen-bond acceptors (Lipinski definition) is 2. The second kappa shape index (κ2) is 3.42. The first-order valence-corrected chi connectivity index (χ1v) is 4.34. The van der Waals surface area contributed by atoms with E-state index in [0.717, 1.165) is 11.1 Å². The van der Waals surface area contributed by atoms with Gasteiger partial charge in [-0.2, -0.15) is 0 Å². The highest BCUT2D eigenvalue weighted by Crippen LogP contribution is 2.24. The fraction of sp³-hybridized carbons (Fsp3) is 0. The van der Waals surface area contributed by atoms with Gasteiger partial charge in [0, 0.05) is 0 Å². The van der Waals surface area contributed by atoms with Crippen LogP contribution in [0.25, 0.3) is 11.1 Å². The van der Waals surface area contributed by atoms with Crippen molar-refractivity contribution in [2.75, 3.05) is 0 Å². The van der Waals surface area contributed by atoms with Crippen LogP contribution in [0.3, 0.4) is 0 Å². The number of aromatic hydroxyl groups is 2. The molecular formula is C12H10O2. The first-order chi connectivity index (χ1) is 6.75. The lowest BCUT2D eigenvalue weighted by molar-refractivity contribution is 0.475. The van der Waals surface area contributed by atoms with Crippen LogP contribution in [0.5, 0.6) is 11.5 Å². The van der Waals surface area contributed by atoms with Crippen LogP contribution in [-0.4, -0.2) is 10.2 Å². The molecule has 0 bridgehead atoms. The van der Waals surface area contributed by atoms with E-state index in [1.807, 2.05) is 18.2 Å². The summed E-state index contributed by atoms with van der Waals surface area (Å²) in [7, 11) is 0. The highest BCUT2D eigenvalue weighted by molar-refractivity contribution is 5.65. The van der Waals surface area contributed by atoms with Crippen molar-refractivity contribution in [1.82, 2.24) is 0 Å². The Bertz CT molecular complexity index is 432. The van der Waals surface area contributed by atoms with Gasteiger partial charge in [0.2, 0.25) is 0 Å². The van der Waals surface area contributed by atoms with Gasteiger partial charge in [-0.05, 0) is 35.4 Å². The summed E-state index contributed by atoms with van der Waals surface area (Å²) in [6, 6.07) is 13.9. The second-order valence-corrected chi connectivity index (χ2v) is 3.10. The summed E-state index contributed by atoms with van der Waals surface area (Å²) in [5, 5.41) is 18.4. The summed E-state index contributed by atoms with van der Waals surface area (Å²) in [6.45, 7) is 0. The Labute approximate surface area is 82.1 Å². The molecule has 70 valence electrons. The van der Waals surface area contributed by atoms with Crippen LogP contribution >= 0.6 is 0 Å². The average molecular weight is 186 g/mol. The minimum absolute atomic E-state index is 0.244. The third-order valence-corrected chi connectivity index (χ3v) is 2.05. The van der Waals surface area contributed by atoms with E-state index in [9.17, 15) is 5.11 Å². The third-order valence-electron chi connectivity index (χ3n) is 2.05. The van der Waals surface area contributed by atoms with E-state index < -0.39 is 0 Å². The topological polar surface area (TPSA) is 40.5 Å². The maximum atomic E-state index is 9.28. The summed E-state index contributed by atoms with van der Waals surface area (Å²) in [4.78, 5) is 0. The number of benzene rings is 2. The predicted molar refractivity (Wildman–Crippen MR) is 55.2 cm³/mol. The molecule has 2 rings (SSSR count). The van der Waals surface area contributed by atoms with Gasteiger partial charge in [-0.15, -0.1) is 0 Å². The molecule has 0 radical (unpaired) electrons. The largest absolute Gasteiger partial charge is 0.508 e. The molecule has 2 N–H and O–H groups in total. The van der Waals surface area contributed by atoms with Crippen LogP contribution in [-0.2, 0) is 0 Å². The van der Waals surface area contributed by atoms with Crippen molar-refractivity contribution in [3.63, 3.8) is 0 Å². The lowest BCUT2D eigenvalue weighted by Gasteiger charge is -2.01. The van der Waals surface area contributed by atoms with E-state index in [-0.39, 0.29) is 11.5 Å². The molecule has 0 aliphatic carbocycles. The Balaban J connectivity index is 2.44. The molecule has 0 aromatic heterocycles. The quantitative estimate of drug-likeness (QED) is 0.718. The normalized spacial score (nSPS) is 10.0. The molecule has 0 aliphatic rings. The molecule has 0 atom stereocenters. The molecule has 2 aromatic carbocycles. The molecule has 0 fully saturated rings. The van der Waals surface area contributed by atoms with Crippen molar-refractivity contribution in [2.45, 2.75) is 0 Å². The van der Waals surface area contributed by atoms with E-state index in [4.69, 9.17) is 5.11 Å². The molecule has 14 heavy (non-hydrogen) atoms. The van der Waals surface area contributed by atoms with Crippen molar-refractivity contribution < 1.29 is 10.2 Å². The second-order valence-electron chi connectivity index (χ2n) is 3.10. The minimum atomic E-state index is 0.244. The van der Waals surface area contributed by atoms with Crippen LogP contribution in [0.4, 0.5) is 0 Å². The standard InChI is InChI=1S/C12H10O2/c13-11-6-4-9(5-7-11)10-2-1-3-12(14)8-10/h1-8,13-14H. The minimum Gasteiger partial charge on any atom is -0.508 e. The van der Waals surface area contributed by atoms with Crippen molar-refractivity contribution in [1.29, 1.82) is 0 Å². The third kappa shape index (κ3) is 1.69. The van der Waals surface area contributed by atoms with Crippen LogP contribution in [0.1, 0.15) is 0 Å². The summed E-state index contributed by atoms with van der Waals surface area (Å²) in [6.07, 6.45) is 0. The van der Waals surface area contributed by atoms with Crippen LogP contribution in [0.2, 0.25) is 0 Å². The summed E-state index contributed by atoms with van der Waals surface area (Å²) < 4.78 is 0. The maximum Gasteiger partial charge on any atom is 0.116 e. The van der Waals surface area contributed by atoms with Gasteiger partial charge in [0.1, 0.15) is 11.5 Å². The molecule has 0 heterocycles. The highest BCUT2D eigenvalue weighted by Gasteiger charge is 1.97. The molecule has 0 spiro atoms. The van der Waals surface area contributed by atoms with E-state index in [1.165, 1.54) is 0 Å². The van der Waals surface area contributed by atoms with Crippen molar-refractivity contribution >= 4 is 0 Å². The number of phenols is 2. The van der Waals surface area contributed by atoms with Gasteiger partial charge < -0.3 is 10.2 Å². The fourth-order valence-corrected chi connectivity index (χ4v) is 1.34. The zero-order valence-corrected chi connectivity index (χ0v) is 7.51. The van der Waals surface area contributed by atoms with Crippen molar-refractivity contribution in [2.24, 2.45) is 0 Å². The van der Waals surface area contributed by atoms with Gasteiger partial charge in [-0.3, -0.25) is 0 Å². The lowest BCUT2D eigenvalue weighted by Crippen LogP contribution is -1.76. The molecule has 0 unspecified atom stereocenters. The van der Waals surface area contributed by atoms with Crippen molar-refractivity contribution in [3.05, 3.63) is 48.5 Å². The number of phenolic OH excluding ortho intramolecular Hbond substituents is 2. The molecule has 2 aromatic rings. The SMILES string of the molecule is Oc1ccc(-c2cccc(O)c2)cc1. The van der Waals surface area contributed by atoms with Gasteiger partial charge in [0.25, 0.3) is 0 Å². The van der Waals surface area contributed by atoms with Gasteiger partial charge in [-0.1, -0.05) is 24.3 Å². The molecule has 0 aliphatic heterocycles. The van der Waals surface area contributed by atoms with Crippen LogP contribution in [0, 0.1) is 0 Å². The smallest absolute Gasteiger partial charge is 0.116 e. The summed E-state index contributed by atoms with van der Waals surface area (Å²) >= 11 is 0. The van der Waals surface area contributed by atoms with E-state index >= 15 is 0 Å². The van der Waals surface area contributed by atoms with Crippen LogP contribution < -0.4 is 0 Å². The molecule has 2 heteroatoms. The van der Waals surface area contributed by atoms with Gasteiger partial charge >= 0.3 is 0 Å². The van der Waals surface area contributed by atoms with E-state index in [2.05, 4.69) is 0 Å². The number of hydrogen-bond donors (Lipinski definition) is 2. The summed E-state index contributed by atoms with van der Waals surface area (Å²) in [5.41, 5.74) is 1.91. The van der Waals surface area contributed by atoms with E-state index in [1.54, 1.807) is 30.3 Å². The van der Waals surface area contributed by atoms with Crippen molar-refractivity contribution in [3.8, 4) is 22.6 Å². The highest BCUT2D eigenvalue weighted by atomic mass is 16.3. The Kier molecular flexibility index (Phi) is 2.11. The van der Waals surface area contributed by atoms with Gasteiger partial charge in [-0.25, -0.2) is 0 Å². The summed E-state index contributed by atoms with van der Waals surface area (Å²) in [5.74, 6) is 0.490. The van der Waals surface area contributed by atoms with E-state index in [0.29, 0.717) is 0 Å². The lowest BCUT2D eigenvalue weighted by atomic mass is 10.1. The van der Waals surface area contributed by atoms with Gasteiger partial charge in [0.05, 0.1) is 0 Å². The Morgan fingerprint density at radius 2 is 1.36 bits per heavy atom. The maximum absolute atomic E-state index is 9.28. The Morgan fingerprint density at radius 3 is 2.00 bits per heavy atom. The molecule has 2 nitrogen and oxygen atoms in total. The number of rotatable bonds is 1. The zero-order valence-electron chi connectivity index (χ0n) is 7.51. The molecule has 0 amide bonds. The molecule has 0 saturated carbocycles. The Morgan fingerprint density at radius 1 is 0.643 bits per heavy atom. The Hall–Kier alpha value is -1.96. The zero-order chi connectivity index (χ0) is 9.97.